The molecule has 1 saturated carbocycles. The molecule has 1 aliphatic rings. The predicted molar refractivity (Wildman–Crippen MR) is 102 cm³/mol. The number of carbonyl (C=O) groups excluding carboxylic acids is 1. The van der Waals surface area contributed by atoms with Crippen molar-refractivity contribution in [1.82, 2.24) is 15.3 Å². The first kappa shape index (κ1) is 19.7. The van der Waals surface area contributed by atoms with Gasteiger partial charge in [-0.3, -0.25) is 4.79 Å². The van der Waals surface area contributed by atoms with Gasteiger partial charge in [0.05, 0.1) is 21.3 Å². The van der Waals surface area contributed by atoms with E-state index in [0.717, 1.165) is 25.7 Å². The Bertz CT molecular complexity index is 767. The Morgan fingerprint density at radius 3 is 2.11 bits per heavy atom. The number of carbonyl (C=O) groups is 1. The molecule has 1 amide bonds. The van der Waals surface area contributed by atoms with Crippen LogP contribution in [0.3, 0.4) is 0 Å². The van der Waals surface area contributed by atoms with Crippen LogP contribution >= 0.6 is 0 Å². The summed E-state index contributed by atoms with van der Waals surface area (Å²) in [5, 5.41) is 3.08. The van der Waals surface area contributed by atoms with Crippen molar-refractivity contribution in [2.45, 2.75) is 37.8 Å². The summed E-state index contributed by atoms with van der Waals surface area (Å²) >= 11 is 0. The van der Waals surface area contributed by atoms with Gasteiger partial charge in [0.2, 0.25) is 5.75 Å². The summed E-state index contributed by atoms with van der Waals surface area (Å²) in [6.45, 7) is 0. The van der Waals surface area contributed by atoms with Crippen molar-refractivity contribution in [3.8, 4) is 23.3 Å². The third kappa shape index (κ3) is 4.62. The number of amides is 1. The summed E-state index contributed by atoms with van der Waals surface area (Å²) in [7, 11) is 4.58. The molecule has 0 unspecified atom stereocenters. The number of aromatic nitrogens is 2. The second-order valence-corrected chi connectivity index (χ2v) is 6.51. The second-order valence-electron chi connectivity index (χ2n) is 6.51. The minimum absolute atomic E-state index is 0.0664. The Kier molecular flexibility index (Phi) is 6.52. The van der Waals surface area contributed by atoms with Gasteiger partial charge in [0, 0.05) is 24.0 Å². The van der Waals surface area contributed by atoms with Crippen LogP contribution in [0.15, 0.2) is 30.6 Å². The van der Waals surface area contributed by atoms with Gasteiger partial charge in [-0.05, 0) is 43.9 Å². The van der Waals surface area contributed by atoms with E-state index in [1.54, 1.807) is 30.6 Å². The van der Waals surface area contributed by atoms with Crippen LogP contribution in [-0.2, 0) is 0 Å². The molecule has 8 heteroatoms. The number of ether oxygens (including phenoxy) is 4. The van der Waals surface area contributed by atoms with Gasteiger partial charge < -0.3 is 24.3 Å². The number of hydrogen-bond donors (Lipinski definition) is 1. The van der Waals surface area contributed by atoms with E-state index in [4.69, 9.17) is 18.9 Å². The van der Waals surface area contributed by atoms with Crippen molar-refractivity contribution < 1.29 is 23.7 Å². The first-order chi connectivity index (χ1) is 13.6. The van der Waals surface area contributed by atoms with Crippen LogP contribution in [0.5, 0.6) is 23.3 Å². The average Bonchev–Trinajstić information content (AvgIpc) is 2.74. The zero-order valence-electron chi connectivity index (χ0n) is 16.3. The second kappa shape index (κ2) is 9.25. The minimum atomic E-state index is -0.171. The van der Waals surface area contributed by atoms with E-state index >= 15 is 0 Å². The molecule has 3 rings (SSSR count). The first-order valence-corrected chi connectivity index (χ1v) is 9.19. The van der Waals surface area contributed by atoms with Crippen LogP contribution in [0, 0.1) is 0 Å². The van der Waals surface area contributed by atoms with E-state index in [1.807, 2.05) is 0 Å². The highest BCUT2D eigenvalue weighted by molar-refractivity contribution is 5.95. The van der Waals surface area contributed by atoms with Crippen molar-refractivity contribution in [3.05, 3.63) is 36.2 Å². The summed E-state index contributed by atoms with van der Waals surface area (Å²) in [4.78, 5) is 20.9. The van der Waals surface area contributed by atoms with Crippen LogP contribution in [0.1, 0.15) is 36.0 Å². The minimum Gasteiger partial charge on any atom is -0.493 e. The highest BCUT2D eigenvalue weighted by atomic mass is 16.5. The van der Waals surface area contributed by atoms with Gasteiger partial charge in [-0.2, -0.15) is 0 Å². The predicted octanol–water partition coefficient (Wildman–Crippen LogP) is 2.62. The zero-order valence-corrected chi connectivity index (χ0v) is 16.3. The van der Waals surface area contributed by atoms with E-state index in [9.17, 15) is 4.79 Å². The molecular weight excluding hydrogens is 362 g/mol. The molecule has 0 saturated heterocycles. The summed E-state index contributed by atoms with van der Waals surface area (Å²) in [5.41, 5.74) is 0.463. The molecule has 150 valence electrons. The van der Waals surface area contributed by atoms with Crippen LogP contribution in [-0.4, -0.2) is 49.4 Å². The molecule has 1 aromatic carbocycles. The maximum atomic E-state index is 12.7. The lowest BCUT2D eigenvalue weighted by molar-refractivity contribution is 0.0884. The molecule has 1 fully saturated rings. The summed E-state index contributed by atoms with van der Waals surface area (Å²) in [6.07, 6.45) is 6.70. The Hall–Kier alpha value is -3.03. The number of nitrogens with one attached hydrogen (secondary N) is 1. The van der Waals surface area contributed by atoms with E-state index < -0.39 is 0 Å². The van der Waals surface area contributed by atoms with Crippen LogP contribution in [0.4, 0.5) is 0 Å². The van der Waals surface area contributed by atoms with Gasteiger partial charge in [-0.25, -0.2) is 9.97 Å². The van der Waals surface area contributed by atoms with Gasteiger partial charge in [0.1, 0.15) is 6.10 Å². The number of methoxy groups -OCH3 is 3. The van der Waals surface area contributed by atoms with Crippen molar-refractivity contribution in [2.24, 2.45) is 0 Å². The van der Waals surface area contributed by atoms with Crippen LogP contribution in [0.25, 0.3) is 0 Å². The quantitative estimate of drug-likeness (QED) is 0.781. The topological polar surface area (TPSA) is 91.8 Å². The largest absolute Gasteiger partial charge is 0.493 e. The number of hydrogen-bond acceptors (Lipinski definition) is 7. The van der Waals surface area contributed by atoms with E-state index in [2.05, 4.69) is 15.3 Å². The standard InChI is InChI=1S/C20H25N3O5/c1-25-16-11-13(12-17(26-2)18(16)27-3)19(24)23-14-5-7-15(8-6-14)28-20-21-9-4-10-22-20/h4,9-12,14-15H,5-8H2,1-3H3,(H,23,24). The van der Waals surface area contributed by atoms with Crippen LogP contribution < -0.4 is 24.3 Å². The van der Waals surface area contributed by atoms with Gasteiger partial charge in [0.25, 0.3) is 5.91 Å². The number of benzene rings is 1. The van der Waals surface area contributed by atoms with Crippen molar-refractivity contribution >= 4 is 5.91 Å². The molecule has 1 aliphatic carbocycles. The Balaban J connectivity index is 1.58. The fourth-order valence-corrected chi connectivity index (χ4v) is 3.30. The van der Waals surface area contributed by atoms with Crippen LogP contribution in [0.2, 0.25) is 0 Å². The third-order valence-corrected chi connectivity index (χ3v) is 4.75. The molecule has 0 atom stereocenters. The molecule has 0 bridgehead atoms. The summed E-state index contributed by atoms with van der Waals surface area (Å²) in [5.74, 6) is 1.19. The fraction of sp³-hybridized carbons (Fsp3) is 0.450. The smallest absolute Gasteiger partial charge is 0.316 e. The monoisotopic (exact) mass is 387 g/mol. The summed E-state index contributed by atoms with van der Waals surface area (Å²) in [6, 6.07) is 5.54. The van der Waals surface area contributed by atoms with Gasteiger partial charge >= 0.3 is 6.01 Å². The SMILES string of the molecule is COc1cc(C(=O)NC2CCC(Oc3ncccn3)CC2)cc(OC)c1OC. The molecular formula is C20H25N3O5. The molecule has 1 aromatic heterocycles. The number of nitrogens with zero attached hydrogens (tertiary/aromatic N) is 2. The molecule has 0 spiro atoms. The van der Waals surface area contributed by atoms with E-state index in [0.29, 0.717) is 28.8 Å². The van der Waals surface area contributed by atoms with Crippen molar-refractivity contribution in [3.63, 3.8) is 0 Å². The maximum Gasteiger partial charge on any atom is 0.316 e. The molecule has 2 aromatic rings. The zero-order chi connectivity index (χ0) is 19.9. The highest BCUT2D eigenvalue weighted by Crippen LogP contribution is 2.38. The summed E-state index contributed by atoms with van der Waals surface area (Å²) < 4.78 is 21.7. The van der Waals surface area contributed by atoms with Crippen molar-refractivity contribution in [2.75, 3.05) is 21.3 Å². The van der Waals surface area contributed by atoms with Gasteiger partial charge in [-0.15, -0.1) is 0 Å². The molecule has 0 radical (unpaired) electrons. The number of rotatable bonds is 7. The fourth-order valence-electron chi connectivity index (χ4n) is 3.30. The maximum absolute atomic E-state index is 12.7. The average molecular weight is 387 g/mol. The lowest BCUT2D eigenvalue weighted by Gasteiger charge is -2.29. The lowest BCUT2D eigenvalue weighted by Crippen LogP contribution is -2.39. The van der Waals surface area contributed by atoms with Gasteiger partial charge in [-0.1, -0.05) is 0 Å². The van der Waals surface area contributed by atoms with E-state index in [1.165, 1.54) is 21.3 Å². The Labute approximate surface area is 164 Å². The Morgan fingerprint density at radius 2 is 1.57 bits per heavy atom. The van der Waals surface area contributed by atoms with Crippen molar-refractivity contribution in [1.29, 1.82) is 0 Å². The molecule has 1 N–H and O–H groups in total. The molecule has 8 nitrogen and oxygen atoms in total. The third-order valence-electron chi connectivity index (χ3n) is 4.75. The highest BCUT2D eigenvalue weighted by Gasteiger charge is 2.25. The normalized spacial score (nSPS) is 18.8. The molecule has 0 aliphatic heterocycles. The molecule has 28 heavy (non-hydrogen) atoms. The van der Waals surface area contributed by atoms with E-state index in [-0.39, 0.29) is 18.1 Å². The van der Waals surface area contributed by atoms with Gasteiger partial charge in [0.15, 0.2) is 11.5 Å². The Morgan fingerprint density at radius 1 is 0.964 bits per heavy atom. The molecule has 1 heterocycles. The first-order valence-electron chi connectivity index (χ1n) is 9.19. The lowest BCUT2D eigenvalue weighted by atomic mass is 9.92.